The molecule has 4 rings (SSSR count). The molecule has 0 saturated carbocycles. The summed E-state index contributed by atoms with van der Waals surface area (Å²) in [6.07, 6.45) is 5.32. The first kappa shape index (κ1) is 17.0. The standard InChI is InChI=1S/C20H22N4OS/c1-16-22-18(15-26-16)20(17-6-3-2-4-7-17)8-12-23(13-9-20)19(25)14-24-11-5-10-21-24/h2-7,10-11,15H,8-9,12-14H2,1H3. The number of nitrogens with zero attached hydrogens (tertiary/aromatic N) is 4. The van der Waals surface area contributed by atoms with Crippen LogP contribution in [0.2, 0.25) is 0 Å². The van der Waals surface area contributed by atoms with Crippen LogP contribution in [0.3, 0.4) is 0 Å². The third kappa shape index (κ3) is 3.17. The lowest BCUT2D eigenvalue weighted by atomic mass is 9.70. The molecule has 0 aliphatic carbocycles. The van der Waals surface area contributed by atoms with Crippen molar-refractivity contribution in [3.63, 3.8) is 0 Å². The molecule has 3 aromatic rings. The minimum atomic E-state index is -0.103. The average molecular weight is 366 g/mol. The van der Waals surface area contributed by atoms with Crippen molar-refractivity contribution in [1.29, 1.82) is 0 Å². The van der Waals surface area contributed by atoms with E-state index in [9.17, 15) is 4.79 Å². The Labute approximate surface area is 157 Å². The molecule has 2 aromatic heterocycles. The Morgan fingerprint density at radius 2 is 1.96 bits per heavy atom. The highest BCUT2D eigenvalue weighted by molar-refractivity contribution is 7.09. The number of likely N-dealkylation sites (tertiary alicyclic amines) is 1. The smallest absolute Gasteiger partial charge is 0.244 e. The predicted molar refractivity (Wildman–Crippen MR) is 102 cm³/mol. The summed E-state index contributed by atoms with van der Waals surface area (Å²) < 4.78 is 1.69. The molecule has 0 spiro atoms. The molecule has 1 aromatic carbocycles. The molecule has 5 nitrogen and oxygen atoms in total. The van der Waals surface area contributed by atoms with Crippen molar-refractivity contribution >= 4 is 17.2 Å². The van der Waals surface area contributed by atoms with Crippen LogP contribution >= 0.6 is 11.3 Å². The summed E-state index contributed by atoms with van der Waals surface area (Å²) in [5, 5.41) is 7.41. The quantitative estimate of drug-likeness (QED) is 0.712. The van der Waals surface area contributed by atoms with E-state index in [-0.39, 0.29) is 11.3 Å². The van der Waals surface area contributed by atoms with Gasteiger partial charge in [-0.15, -0.1) is 11.3 Å². The Hall–Kier alpha value is -2.47. The van der Waals surface area contributed by atoms with Crippen LogP contribution in [0, 0.1) is 6.92 Å². The Morgan fingerprint density at radius 3 is 2.58 bits per heavy atom. The van der Waals surface area contributed by atoms with E-state index >= 15 is 0 Å². The molecule has 0 N–H and O–H groups in total. The van der Waals surface area contributed by atoms with Gasteiger partial charge in [-0.2, -0.15) is 5.10 Å². The largest absolute Gasteiger partial charge is 0.341 e. The van der Waals surface area contributed by atoms with Crippen LogP contribution in [0.1, 0.15) is 29.1 Å². The van der Waals surface area contributed by atoms with Crippen LogP contribution < -0.4 is 0 Å². The van der Waals surface area contributed by atoms with Crippen molar-refractivity contribution in [3.05, 3.63) is 70.4 Å². The van der Waals surface area contributed by atoms with Gasteiger partial charge in [0, 0.05) is 36.3 Å². The summed E-state index contributed by atoms with van der Waals surface area (Å²) in [4.78, 5) is 19.4. The summed E-state index contributed by atoms with van der Waals surface area (Å²) in [5.74, 6) is 0.129. The molecule has 3 heterocycles. The zero-order valence-electron chi connectivity index (χ0n) is 14.8. The summed E-state index contributed by atoms with van der Waals surface area (Å²) in [5.41, 5.74) is 2.34. The van der Waals surface area contributed by atoms with E-state index in [2.05, 4.69) is 41.7 Å². The highest BCUT2D eigenvalue weighted by Crippen LogP contribution is 2.41. The number of carbonyl (C=O) groups excluding carboxylic acids is 1. The van der Waals surface area contributed by atoms with Gasteiger partial charge < -0.3 is 4.90 Å². The van der Waals surface area contributed by atoms with E-state index in [1.54, 1.807) is 22.2 Å². The number of carbonyl (C=O) groups is 1. The van der Waals surface area contributed by atoms with Crippen molar-refractivity contribution in [2.24, 2.45) is 0 Å². The predicted octanol–water partition coefficient (Wildman–Crippen LogP) is 3.26. The minimum absolute atomic E-state index is 0.103. The molecule has 0 unspecified atom stereocenters. The van der Waals surface area contributed by atoms with Gasteiger partial charge in [-0.3, -0.25) is 9.48 Å². The van der Waals surface area contributed by atoms with Gasteiger partial charge >= 0.3 is 0 Å². The summed E-state index contributed by atoms with van der Waals surface area (Å²) in [6, 6.07) is 12.4. The van der Waals surface area contributed by atoms with Gasteiger partial charge in [0.15, 0.2) is 0 Å². The van der Waals surface area contributed by atoms with Gasteiger partial charge in [0.25, 0.3) is 0 Å². The van der Waals surface area contributed by atoms with Crippen LogP contribution in [0.4, 0.5) is 0 Å². The molecule has 0 atom stereocenters. The third-order valence-electron chi connectivity index (χ3n) is 5.26. The lowest BCUT2D eigenvalue weighted by Gasteiger charge is -2.41. The molecule has 0 radical (unpaired) electrons. The Kier molecular flexibility index (Phi) is 4.59. The highest BCUT2D eigenvalue weighted by atomic mass is 32.1. The van der Waals surface area contributed by atoms with Gasteiger partial charge in [0.1, 0.15) is 6.54 Å². The lowest BCUT2D eigenvalue weighted by molar-refractivity contribution is -0.133. The van der Waals surface area contributed by atoms with E-state index in [1.807, 2.05) is 23.2 Å². The maximum absolute atomic E-state index is 12.6. The maximum Gasteiger partial charge on any atom is 0.244 e. The fourth-order valence-corrected chi connectivity index (χ4v) is 4.52. The number of amides is 1. The average Bonchev–Trinajstić information content (AvgIpc) is 3.34. The monoisotopic (exact) mass is 366 g/mol. The normalized spacial score (nSPS) is 16.6. The van der Waals surface area contributed by atoms with Gasteiger partial charge in [0.2, 0.25) is 5.91 Å². The van der Waals surface area contributed by atoms with Gasteiger partial charge in [-0.05, 0) is 31.4 Å². The number of hydrogen-bond acceptors (Lipinski definition) is 4. The van der Waals surface area contributed by atoms with Crippen molar-refractivity contribution in [2.75, 3.05) is 13.1 Å². The maximum atomic E-state index is 12.6. The van der Waals surface area contributed by atoms with Gasteiger partial charge in [0.05, 0.1) is 10.7 Å². The fourth-order valence-electron chi connectivity index (χ4n) is 3.80. The Morgan fingerprint density at radius 1 is 1.19 bits per heavy atom. The minimum Gasteiger partial charge on any atom is -0.341 e. The Balaban J connectivity index is 1.56. The molecule has 1 aliphatic heterocycles. The number of thiazole rings is 1. The number of piperidine rings is 1. The molecule has 1 fully saturated rings. The number of benzene rings is 1. The van der Waals surface area contributed by atoms with Gasteiger partial charge in [-0.1, -0.05) is 30.3 Å². The van der Waals surface area contributed by atoms with Crippen LogP contribution in [0.5, 0.6) is 0 Å². The first-order chi connectivity index (χ1) is 12.7. The third-order valence-corrected chi connectivity index (χ3v) is 6.04. The van der Waals surface area contributed by atoms with Crippen LogP contribution in [-0.4, -0.2) is 38.7 Å². The number of aryl methyl sites for hydroxylation is 1. The number of rotatable bonds is 4. The second-order valence-electron chi connectivity index (χ2n) is 6.78. The fraction of sp³-hybridized carbons (Fsp3) is 0.350. The SMILES string of the molecule is Cc1nc(C2(c3ccccc3)CCN(C(=O)Cn3cccn3)CC2)cs1. The molecule has 134 valence electrons. The molecule has 1 amide bonds. The molecule has 1 aliphatic rings. The molecular weight excluding hydrogens is 344 g/mol. The topological polar surface area (TPSA) is 51.0 Å². The first-order valence-corrected chi connectivity index (χ1v) is 9.79. The molecule has 26 heavy (non-hydrogen) atoms. The molecule has 0 bridgehead atoms. The summed E-state index contributed by atoms with van der Waals surface area (Å²) >= 11 is 1.70. The van der Waals surface area contributed by atoms with Crippen molar-refractivity contribution < 1.29 is 4.79 Å². The first-order valence-electron chi connectivity index (χ1n) is 8.91. The zero-order valence-corrected chi connectivity index (χ0v) is 15.7. The van der Waals surface area contributed by atoms with E-state index in [0.717, 1.165) is 36.6 Å². The number of hydrogen-bond donors (Lipinski definition) is 0. The lowest BCUT2D eigenvalue weighted by Crippen LogP contribution is -2.46. The second kappa shape index (κ2) is 7.03. The molecule has 1 saturated heterocycles. The summed E-state index contributed by atoms with van der Waals surface area (Å²) in [7, 11) is 0. The van der Waals surface area contributed by atoms with Crippen LogP contribution in [0.25, 0.3) is 0 Å². The van der Waals surface area contributed by atoms with Crippen molar-refractivity contribution in [3.8, 4) is 0 Å². The van der Waals surface area contributed by atoms with Crippen molar-refractivity contribution in [2.45, 2.75) is 31.7 Å². The Bertz CT molecular complexity index is 864. The second-order valence-corrected chi connectivity index (χ2v) is 7.85. The number of aromatic nitrogens is 3. The highest BCUT2D eigenvalue weighted by Gasteiger charge is 2.40. The van der Waals surface area contributed by atoms with E-state index in [0.29, 0.717) is 6.54 Å². The van der Waals surface area contributed by atoms with Crippen molar-refractivity contribution in [1.82, 2.24) is 19.7 Å². The zero-order chi connectivity index (χ0) is 18.0. The molecular formula is C20H22N4OS. The summed E-state index contributed by atoms with van der Waals surface area (Å²) in [6.45, 7) is 3.84. The van der Waals surface area contributed by atoms with E-state index in [1.165, 1.54) is 5.56 Å². The van der Waals surface area contributed by atoms with E-state index in [4.69, 9.17) is 4.98 Å². The van der Waals surface area contributed by atoms with Crippen LogP contribution in [0.15, 0.2) is 54.2 Å². The molecule has 6 heteroatoms. The van der Waals surface area contributed by atoms with E-state index < -0.39 is 0 Å². The van der Waals surface area contributed by atoms with Crippen LogP contribution in [-0.2, 0) is 16.8 Å². The van der Waals surface area contributed by atoms with Gasteiger partial charge in [-0.25, -0.2) is 4.98 Å².